The Bertz CT molecular complexity index is 2320. The molecule has 19 heteroatoms. The maximum atomic E-state index is 13.7. The number of hydrogen-bond donors (Lipinski definition) is 5. The molecule has 0 saturated carbocycles. The van der Waals surface area contributed by atoms with Crippen LogP contribution in [-0.4, -0.2) is 120 Å². The van der Waals surface area contributed by atoms with Gasteiger partial charge in [-0.05, 0) is 55.2 Å². The third-order valence-corrected chi connectivity index (χ3v) is 12.1. The highest BCUT2D eigenvalue weighted by molar-refractivity contribution is 7.99. The van der Waals surface area contributed by atoms with Crippen LogP contribution < -0.4 is 26.0 Å². The van der Waals surface area contributed by atoms with Gasteiger partial charge in [0.05, 0.1) is 49.2 Å². The first-order valence-corrected chi connectivity index (χ1v) is 21.6. The summed E-state index contributed by atoms with van der Waals surface area (Å²) in [5, 5.41) is 22.9. The van der Waals surface area contributed by atoms with Gasteiger partial charge in [-0.25, -0.2) is 14.4 Å². The molecule has 2 atom stereocenters. The Morgan fingerprint density at radius 3 is 2.68 bits per heavy atom. The second-order valence-corrected chi connectivity index (χ2v) is 16.5. The third kappa shape index (κ3) is 11.4. The highest BCUT2D eigenvalue weighted by atomic mass is 35.5. The number of ether oxygens (including phenoxy) is 3. The van der Waals surface area contributed by atoms with Gasteiger partial charge in [0.25, 0.3) is 0 Å². The third-order valence-electron chi connectivity index (χ3n) is 10.8. The number of nitrogens with zero attached hydrogens (tertiary/aromatic N) is 4. The molecule has 4 aromatic rings. The standard InChI is InChI=1S/C43H48ClFN8O8S/c1-59-36-22-33-29(41(47-25-46-33)49-27-7-8-32(45)31(44)20-27)21-34(36)50-38(54)6-3-13-52-14-11-26(12-15-52)48-40(56)24-61-17-16-60-18-19-62-37-5-2-4-28-30(37)23-53(43(28)58)35-9-10-39(55)51-42(35)57/h2-8,20-22,25-26,35,43,58H,9-19,23-24H2,1H3,(H,48,56)(H,50,54)(H,46,47,49)(H,51,55,57)/b6-3+. The molecule has 3 aliphatic heterocycles. The van der Waals surface area contributed by atoms with E-state index in [9.17, 15) is 28.7 Å². The van der Waals surface area contributed by atoms with E-state index in [4.69, 9.17) is 25.8 Å². The summed E-state index contributed by atoms with van der Waals surface area (Å²) in [7, 11) is 1.50. The number of aliphatic hydroxyl groups is 1. The highest BCUT2D eigenvalue weighted by Crippen LogP contribution is 2.40. The number of amides is 4. The zero-order valence-corrected chi connectivity index (χ0v) is 35.6. The van der Waals surface area contributed by atoms with Crippen molar-refractivity contribution in [3.63, 3.8) is 0 Å². The molecule has 0 radical (unpaired) electrons. The molecule has 0 spiro atoms. The number of piperidine rings is 2. The lowest BCUT2D eigenvalue weighted by molar-refractivity contribution is -0.141. The van der Waals surface area contributed by atoms with Gasteiger partial charge >= 0.3 is 0 Å². The number of benzene rings is 3. The molecule has 3 aromatic carbocycles. The molecular weight excluding hydrogens is 843 g/mol. The molecule has 7 rings (SSSR count). The van der Waals surface area contributed by atoms with Crippen LogP contribution in [0.25, 0.3) is 10.9 Å². The van der Waals surface area contributed by atoms with E-state index in [1.165, 1.54) is 31.6 Å². The molecule has 62 heavy (non-hydrogen) atoms. The first kappa shape index (κ1) is 44.8. The molecule has 0 aliphatic carbocycles. The molecule has 4 heterocycles. The first-order valence-electron chi connectivity index (χ1n) is 20.3. The number of thioether (sulfide) groups is 1. The molecule has 2 fully saturated rings. The predicted molar refractivity (Wildman–Crippen MR) is 232 cm³/mol. The van der Waals surface area contributed by atoms with Gasteiger partial charge in [-0.1, -0.05) is 29.8 Å². The van der Waals surface area contributed by atoms with Crippen LogP contribution in [0.1, 0.15) is 43.0 Å². The van der Waals surface area contributed by atoms with E-state index in [1.807, 2.05) is 18.2 Å². The predicted octanol–water partition coefficient (Wildman–Crippen LogP) is 4.69. The van der Waals surface area contributed by atoms with Gasteiger partial charge in [-0.2, -0.15) is 0 Å². The lowest BCUT2D eigenvalue weighted by atomic mass is 10.0. The molecule has 2 unspecified atom stereocenters. The number of carbonyl (C=O) groups is 4. The number of fused-ring (bicyclic) bond motifs is 2. The van der Waals surface area contributed by atoms with Crippen LogP contribution in [0.4, 0.5) is 21.6 Å². The summed E-state index contributed by atoms with van der Waals surface area (Å²) in [5.74, 6) is -0.194. The number of halogens is 2. The lowest BCUT2D eigenvalue weighted by Gasteiger charge is -2.31. The minimum atomic E-state index is -0.909. The average Bonchev–Trinajstić information content (AvgIpc) is 3.59. The molecule has 16 nitrogen and oxygen atoms in total. The number of hydrogen-bond acceptors (Lipinski definition) is 14. The van der Waals surface area contributed by atoms with Gasteiger partial charge in [-0.3, -0.25) is 34.3 Å². The summed E-state index contributed by atoms with van der Waals surface area (Å²) >= 11 is 7.56. The van der Waals surface area contributed by atoms with E-state index in [-0.39, 0.29) is 54.3 Å². The summed E-state index contributed by atoms with van der Waals surface area (Å²) in [6.07, 6.45) is 5.91. The van der Waals surface area contributed by atoms with Crippen molar-refractivity contribution in [3.8, 4) is 5.75 Å². The number of methoxy groups -OCH3 is 1. The van der Waals surface area contributed by atoms with Gasteiger partial charge in [0.15, 0.2) is 0 Å². The number of imide groups is 1. The number of aromatic nitrogens is 2. The molecule has 4 amide bonds. The van der Waals surface area contributed by atoms with Crippen LogP contribution in [0, 0.1) is 5.82 Å². The largest absolute Gasteiger partial charge is 0.494 e. The maximum Gasteiger partial charge on any atom is 0.248 e. The van der Waals surface area contributed by atoms with Gasteiger partial charge in [0.1, 0.15) is 36.5 Å². The molecule has 3 aliphatic rings. The number of aliphatic hydroxyl groups excluding tert-OH is 1. The van der Waals surface area contributed by atoms with Crippen molar-refractivity contribution in [1.82, 2.24) is 30.4 Å². The summed E-state index contributed by atoms with van der Waals surface area (Å²) in [6, 6.07) is 12.9. The van der Waals surface area contributed by atoms with Crippen LogP contribution in [0.5, 0.6) is 5.75 Å². The minimum absolute atomic E-state index is 0.0309. The van der Waals surface area contributed by atoms with E-state index < -0.39 is 18.1 Å². The number of nitrogens with one attached hydrogen (secondary N) is 4. The van der Waals surface area contributed by atoms with E-state index in [2.05, 4.69) is 36.1 Å². The van der Waals surface area contributed by atoms with Gasteiger partial charge in [-0.15, -0.1) is 11.8 Å². The van der Waals surface area contributed by atoms with Gasteiger partial charge < -0.3 is 35.3 Å². The van der Waals surface area contributed by atoms with Crippen molar-refractivity contribution in [1.29, 1.82) is 0 Å². The van der Waals surface area contributed by atoms with Gasteiger partial charge in [0.2, 0.25) is 23.6 Å². The number of anilines is 3. The molecule has 2 saturated heterocycles. The summed E-state index contributed by atoms with van der Waals surface area (Å²) in [4.78, 5) is 63.1. The molecule has 5 N–H and O–H groups in total. The Kier molecular flexibility index (Phi) is 15.4. The van der Waals surface area contributed by atoms with Crippen LogP contribution in [0.15, 0.2) is 71.9 Å². The van der Waals surface area contributed by atoms with Crippen molar-refractivity contribution in [2.24, 2.45) is 0 Å². The summed E-state index contributed by atoms with van der Waals surface area (Å²) in [5.41, 5.74) is 3.27. The Balaban J connectivity index is 0.762. The molecule has 0 bridgehead atoms. The van der Waals surface area contributed by atoms with Gasteiger partial charge in [0, 0.05) is 78.1 Å². The summed E-state index contributed by atoms with van der Waals surface area (Å²) in [6.45, 7) is 3.50. The lowest BCUT2D eigenvalue weighted by Crippen LogP contribution is -2.51. The monoisotopic (exact) mass is 890 g/mol. The molecular formula is C43H48ClFN8O8S. The smallest absolute Gasteiger partial charge is 0.248 e. The fraction of sp³-hybridized carbons (Fsp3) is 0.395. The van der Waals surface area contributed by atoms with Crippen LogP contribution in [-0.2, 0) is 35.2 Å². The fourth-order valence-electron chi connectivity index (χ4n) is 7.62. The normalized spacial score (nSPS) is 18.5. The van der Waals surface area contributed by atoms with Crippen LogP contribution >= 0.6 is 23.4 Å². The second kappa shape index (κ2) is 21.2. The van der Waals surface area contributed by atoms with E-state index in [0.29, 0.717) is 72.3 Å². The first-order chi connectivity index (χ1) is 30.1. The number of likely N-dealkylation sites (tertiary alicyclic amines) is 1. The minimum Gasteiger partial charge on any atom is -0.494 e. The quantitative estimate of drug-likeness (QED) is 0.0400. The maximum absolute atomic E-state index is 13.7. The Morgan fingerprint density at radius 1 is 1.06 bits per heavy atom. The van der Waals surface area contributed by atoms with Crippen molar-refractivity contribution in [2.45, 2.75) is 55.4 Å². The Labute approximate surface area is 366 Å². The van der Waals surface area contributed by atoms with E-state index in [0.717, 1.165) is 42.0 Å². The van der Waals surface area contributed by atoms with Crippen LogP contribution in [0.3, 0.4) is 0 Å². The summed E-state index contributed by atoms with van der Waals surface area (Å²) < 4.78 is 30.5. The van der Waals surface area contributed by atoms with E-state index >= 15 is 0 Å². The van der Waals surface area contributed by atoms with Crippen molar-refractivity contribution >= 4 is 75.1 Å². The van der Waals surface area contributed by atoms with Crippen molar-refractivity contribution in [2.75, 3.05) is 69.6 Å². The van der Waals surface area contributed by atoms with Crippen LogP contribution in [0.2, 0.25) is 5.02 Å². The van der Waals surface area contributed by atoms with Crippen molar-refractivity contribution < 1.29 is 42.9 Å². The second-order valence-electron chi connectivity index (χ2n) is 14.9. The number of rotatable bonds is 18. The van der Waals surface area contributed by atoms with E-state index in [1.54, 1.807) is 40.9 Å². The van der Waals surface area contributed by atoms with Crippen molar-refractivity contribution in [3.05, 3.63) is 89.0 Å². The fourth-order valence-corrected chi connectivity index (χ4v) is 8.76. The Hall–Kier alpha value is -5.21. The topological polar surface area (TPSA) is 197 Å². The number of carbonyl (C=O) groups excluding carboxylic acids is 4. The zero-order chi connectivity index (χ0) is 43.6. The SMILES string of the molecule is COc1cc2ncnc(Nc3ccc(F)c(Cl)c3)c2cc1NC(=O)/C=C/CN1CCC(NC(=O)COCCOCCSc2cccc3c2CN(C2CCC(=O)NC2=O)C3O)CC1. The Morgan fingerprint density at radius 2 is 1.89 bits per heavy atom. The molecule has 1 aromatic heterocycles. The zero-order valence-electron chi connectivity index (χ0n) is 34.0. The molecule has 328 valence electrons. The highest BCUT2D eigenvalue weighted by Gasteiger charge is 2.40. The average molecular weight is 891 g/mol.